The molecule has 1 aliphatic carbocycles. The van der Waals surface area contributed by atoms with Crippen molar-refractivity contribution in [2.45, 2.75) is 26.2 Å². The second-order valence-corrected chi connectivity index (χ2v) is 5.53. The summed E-state index contributed by atoms with van der Waals surface area (Å²) < 4.78 is 5.42. The lowest BCUT2D eigenvalue weighted by Crippen LogP contribution is -2.07. The fourth-order valence-electron chi connectivity index (χ4n) is 2.25. The van der Waals surface area contributed by atoms with Gasteiger partial charge in [0.25, 0.3) is 0 Å². The number of ketones is 1. The first kappa shape index (κ1) is 12.4. The zero-order valence-electron chi connectivity index (χ0n) is 10.8. The molecule has 0 bridgehead atoms. The van der Waals surface area contributed by atoms with Crippen molar-refractivity contribution < 1.29 is 9.53 Å². The average molecular weight is 273 g/mol. The number of benzene rings is 1. The Balaban J connectivity index is 1.92. The fourth-order valence-corrected chi connectivity index (χ4v) is 3.34. The Kier molecular flexibility index (Phi) is 3.34. The molecule has 1 aromatic carbocycles. The zero-order valence-corrected chi connectivity index (χ0v) is 11.6. The Morgan fingerprint density at radius 3 is 2.74 bits per heavy atom. The molecule has 0 radical (unpaired) electrons. The highest BCUT2D eigenvalue weighted by atomic mass is 32.1. The van der Waals surface area contributed by atoms with Crippen LogP contribution in [0.1, 0.15) is 35.1 Å². The third-order valence-corrected chi connectivity index (χ3v) is 4.37. The molecule has 0 spiro atoms. The molecule has 0 unspecified atom stereocenters. The minimum absolute atomic E-state index is 0.246. The van der Waals surface area contributed by atoms with Crippen molar-refractivity contribution in [3.63, 3.8) is 0 Å². The number of carbonyl (C=O) groups excluding carboxylic acids is 1. The standard InChI is InChI=1S/C15H15NO2S/c1-2-18-11-8-6-10(7-9-11)15-16-12-4-3-5-13(17)14(12)19-15/h6-9H,2-5H2,1H3. The van der Waals surface area contributed by atoms with Crippen LogP contribution < -0.4 is 4.74 Å². The van der Waals surface area contributed by atoms with Crippen molar-refractivity contribution in [3.8, 4) is 16.3 Å². The van der Waals surface area contributed by atoms with E-state index in [0.29, 0.717) is 13.0 Å². The van der Waals surface area contributed by atoms with Crippen LogP contribution >= 0.6 is 11.3 Å². The van der Waals surface area contributed by atoms with Crippen LogP contribution in [-0.4, -0.2) is 17.4 Å². The minimum Gasteiger partial charge on any atom is -0.494 e. The van der Waals surface area contributed by atoms with E-state index >= 15 is 0 Å². The fraction of sp³-hybridized carbons (Fsp3) is 0.333. The quantitative estimate of drug-likeness (QED) is 0.855. The second-order valence-electron chi connectivity index (χ2n) is 4.53. The van der Waals surface area contributed by atoms with Gasteiger partial charge in [0.2, 0.25) is 0 Å². The molecule has 0 fully saturated rings. The van der Waals surface area contributed by atoms with Crippen molar-refractivity contribution in [2.75, 3.05) is 6.61 Å². The van der Waals surface area contributed by atoms with Crippen molar-refractivity contribution >= 4 is 17.1 Å². The SMILES string of the molecule is CCOc1ccc(-c2nc3c(s2)C(=O)CCC3)cc1. The monoisotopic (exact) mass is 273 g/mol. The van der Waals surface area contributed by atoms with Gasteiger partial charge in [-0.2, -0.15) is 0 Å². The third kappa shape index (κ3) is 2.40. The molecule has 0 aliphatic heterocycles. The molecule has 19 heavy (non-hydrogen) atoms. The molecule has 3 rings (SSSR count). The van der Waals surface area contributed by atoms with Gasteiger partial charge in [0.15, 0.2) is 5.78 Å². The number of carbonyl (C=O) groups is 1. The molecule has 0 N–H and O–H groups in total. The average Bonchev–Trinajstić information content (AvgIpc) is 2.85. The molecule has 3 nitrogen and oxygen atoms in total. The summed E-state index contributed by atoms with van der Waals surface area (Å²) in [6, 6.07) is 7.89. The molecule has 2 aromatic rings. The van der Waals surface area contributed by atoms with E-state index in [4.69, 9.17) is 4.74 Å². The molecule has 0 saturated carbocycles. The number of hydrogen-bond donors (Lipinski definition) is 0. The highest BCUT2D eigenvalue weighted by Crippen LogP contribution is 2.33. The Labute approximate surface area is 116 Å². The predicted molar refractivity (Wildman–Crippen MR) is 76.0 cm³/mol. The first-order valence-electron chi connectivity index (χ1n) is 6.54. The van der Waals surface area contributed by atoms with Crippen molar-refractivity contribution in [3.05, 3.63) is 34.8 Å². The smallest absolute Gasteiger partial charge is 0.174 e. The van der Waals surface area contributed by atoms with Crippen LogP contribution in [0.5, 0.6) is 5.75 Å². The predicted octanol–water partition coefficient (Wildman–Crippen LogP) is 3.73. The first-order chi connectivity index (χ1) is 9.28. The Bertz CT molecular complexity index is 601. The van der Waals surface area contributed by atoms with Crippen molar-refractivity contribution in [1.29, 1.82) is 0 Å². The van der Waals surface area contributed by atoms with Gasteiger partial charge in [-0.3, -0.25) is 4.79 Å². The second kappa shape index (κ2) is 5.13. The van der Waals surface area contributed by atoms with E-state index in [1.807, 2.05) is 31.2 Å². The maximum Gasteiger partial charge on any atom is 0.174 e. The van der Waals surface area contributed by atoms with E-state index in [1.165, 1.54) is 11.3 Å². The van der Waals surface area contributed by atoms with Crippen LogP contribution in [0.2, 0.25) is 0 Å². The maximum atomic E-state index is 11.8. The molecule has 1 aliphatic rings. The van der Waals surface area contributed by atoms with Gasteiger partial charge in [0.05, 0.1) is 17.2 Å². The van der Waals surface area contributed by atoms with Gasteiger partial charge in [-0.15, -0.1) is 11.3 Å². The summed E-state index contributed by atoms with van der Waals surface area (Å²) in [7, 11) is 0. The molecule has 0 saturated heterocycles. The third-order valence-electron chi connectivity index (χ3n) is 3.18. The number of nitrogens with zero attached hydrogens (tertiary/aromatic N) is 1. The zero-order chi connectivity index (χ0) is 13.2. The Morgan fingerprint density at radius 1 is 1.26 bits per heavy atom. The molecule has 0 amide bonds. The summed E-state index contributed by atoms with van der Waals surface area (Å²) in [4.78, 5) is 17.3. The van der Waals surface area contributed by atoms with Crippen LogP contribution in [0.25, 0.3) is 10.6 Å². The number of rotatable bonds is 3. The number of hydrogen-bond acceptors (Lipinski definition) is 4. The first-order valence-corrected chi connectivity index (χ1v) is 7.35. The summed E-state index contributed by atoms with van der Waals surface area (Å²) in [6.07, 6.45) is 2.52. The molecular formula is C15H15NO2S. The number of aryl methyl sites for hydroxylation is 1. The van der Waals surface area contributed by atoms with E-state index < -0.39 is 0 Å². The van der Waals surface area contributed by atoms with Gasteiger partial charge in [0, 0.05) is 12.0 Å². The largest absolute Gasteiger partial charge is 0.494 e. The van der Waals surface area contributed by atoms with Gasteiger partial charge < -0.3 is 4.74 Å². The van der Waals surface area contributed by atoms with Gasteiger partial charge in [-0.25, -0.2) is 4.98 Å². The van der Waals surface area contributed by atoms with Gasteiger partial charge in [-0.1, -0.05) is 0 Å². The van der Waals surface area contributed by atoms with Crippen LogP contribution in [-0.2, 0) is 6.42 Å². The van der Waals surface area contributed by atoms with Gasteiger partial charge in [-0.05, 0) is 44.0 Å². The minimum atomic E-state index is 0.246. The molecule has 1 aromatic heterocycles. The summed E-state index contributed by atoms with van der Waals surface area (Å²) >= 11 is 1.51. The Morgan fingerprint density at radius 2 is 2.05 bits per heavy atom. The lowest BCUT2D eigenvalue weighted by Gasteiger charge is -2.06. The molecular weight excluding hydrogens is 258 g/mol. The molecule has 1 heterocycles. The van der Waals surface area contributed by atoms with Crippen molar-refractivity contribution in [1.82, 2.24) is 4.98 Å². The highest BCUT2D eigenvalue weighted by Gasteiger charge is 2.22. The lowest BCUT2D eigenvalue weighted by atomic mass is 10.0. The number of Topliss-reactive ketones (excluding diaryl/α,β-unsaturated/α-hetero) is 1. The normalized spacial score (nSPS) is 14.3. The number of ether oxygens (including phenoxy) is 1. The summed E-state index contributed by atoms with van der Waals surface area (Å²) in [5, 5.41) is 0.934. The molecule has 4 heteroatoms. The highest BCUT2D eigenvalue weighted by molar-refractivity contribution is 7.17. The van der Waals surface area contributed by atoms with Crippen LogP contribution in [0.4, 0.5) is 0 Å². The lowest BCUT2D eigenvalue weighted by molar-refractivity contribution is 0.0976. The van der Waals surface area contributed by atoms with E-state index in [2.05, 4.69) is 4.98 Å². The van der Waals surface area contributed by atoms with E-state index in [9.17, 15) is 4.79 Å². The maximum absolute atomic E-state index is 11.8. The van der Waals surface area contributed by atoms with Crippen LogP contribution in [0.15, 0.2) is 24.3 Å². The summed E-state index contributed by atoms with van der Waals surface area (Å²) in [5.41, 5.74) is 2.03. The molecule has 0 atom stereocenters. The van der Waals surface area contributed by atoms with Crippen molar-refractivity contribution in [2.24, 2.45) is 0 Å². The van der Waals surface area contributed by atoms with Crippen LogP contribution in [0.3, 0.4) is 0 Å². The number of fused-ring (bicyclic) bond motifs is 1. The van der Waals surface area contributed by atoms with Gasteiger partial charge in [0.1, 0.15) is 10.8 Å². The van der Waals surface area contributed by atoms with Gasteiger partial charge >= 0.3 is 0 Å². The summed E-state index contributed by atoms with van der Waals surface area (Å²) in [5.74, 6) is 1.11. The summed E-state index contributed by atoms with van der Waals surface area (Å²) in [6.45, 7) is 2.63. The van der Waals surface area contributed by atoms with E-state index in [0.717, 1.165) is 39.7 Å². The topological polar surface area (TPSA) is 39.2 Å². The van der Waals surface area contributed by atoms with Crippen LogP contribution in [0, 0.1) is 0 Å². The molecule has 98 valence electrons. The van der Waals surface area contributed by atoms with E-state index in [1.54, 1.807) is 0 Å². The number of aromatic nitrogens is 1. The number of thiazole rings is 1. The van der Waals surface area contributed by atoms with E-state index in [-0.39, 0.29) is 5.78 Å². The Hall–Kier alpha value is -1.68.